The number of thiazole rings is 1. The number of hydrogen-bond donors (Lipinski definition) is 2. The second-order valence-electron chi connectivity index (χ2n) is 2.86. The average molecular weight is 255 g/mol. The van der Waals surface area contributed by atoms with Crippen LogP contribution in [-0.4, -0.2) is 15.9 Å². The van der Waals surface area contributed by atoms with Crippen LogP contribution >= 0.6 is 22.9 Å². The average Bonchev–Trinajstić information content (AvgIpc) is 2.68. The van der Waals surface area contributed by atoms with Crippen LogP contribution in [0.2, 0.25) is 5.02 Å². The number of nitrogens with one attached hydrogen (secondary N) is 1. The molecule has 2 aromatic heterocycles. The van der Waals surface area contributed by atoms with E-state index in [1.807, 2.05) is 0 Å². The highest BCUT2D eigenvalue weighted by molar-refractivity contribution is 7.13. The fraction of sp³-hybridized carbons (Fsp3) is 0. The minimum absolute atomic E-state index is 0.254. The molecule has 0 unspecified atom stereocenters. The van der Waals surface area contributed by atoms with Crippen LogP contribution in [0.3, 0.4) is 0 Å². The number of anilines is 2. The van der Waals surface area contributed by atoms with Crippen LogP contribution in [0, 0.1) is 0 Å². The SMILES string of the molecule is Nc1nc(C(=O)Nc2ncccc2Cl)cs1. The van der Waals surface area contributed by atoms with Gasteiger partial charge in [0.25, 0.3) is 5.91 Å². The Morgan fingerprint density at radius 2 is 2.38 bits per heavy atom. The second kappa shape index (κ2) is 4.46. The Kier molecular flexibility index (Phi) is 3.02. The Morgan fingerprint density at radius 3 is 3.00 bits per heavy atom. The van der Waals surface area contributed by atoms with Crippen molar-refractivity contribution in [3.05, 3.63) is 34.4 Å². The standard InChI is InChI=1S/C9H7ClN4OS/c10-5-2-1-3-12-7(5)14-8(15)6-4-16-9(11)13-6/h1-4H,(H2,11,13)(H,12,14,15). The molecule has 0 bridgehead atoms. The molecule has 7 heteroatoms. The van der Waals surface area contributed by atoms with E-state index in [0.717, 1.165) is 0 Å². The normalized spacial score (nSPS) is 10.1. The molecular formula is C9H7ClN4OS. The van der Waals surface area contributed by atoms with E-state index in [4.69, 9.17) is 17.3 Å². The van der Waals surface area contributed by atoms with E-state index in [1.165, 1.54) is 17.5 Å². The molecule has 1 amide bonds. The predicted molar refractivity (Wildman–Crippen MR) is 63.7 cm³/mol. The smallest absolute Gasteiger partial charge is 0.276 e. The summed E-state index contributed by atoms with van der Waals surface area (Å²) in [5.74, 6) is -0.0747. The van der Waals surface area contributed by atoms with Crippen molar-refractivity contribution in [1.82, 2.24) is 9.97 Å². The first-order valence-corrected chi connectivity index (χ1v) is 5.55. The summed E-state index contributed by atoms with van der Waals surface area (Å²) in [6, 6.07) is 3.32. The maximum absolute atomic E-state index is 11.7. The lowest BCUT2D eigenvalue weighted by Crippen LogP contribution is -2.13. The van der Waals surface area contributed by atoms with Crippen LogP contribution in [0.4, 0.5) is 10.9 Å². The van der Waals surface area contributed by atoms with Gasteiger partial charge in [-0.2, -0.15) is 0 Å². The Bertz CT molecular complexity index is 528. The van der Waals surface area contributed by atoms with Gasteiger partial charge in [0, 0.05) is 11.6 Å². The number of carbonyl (C=O) groups is 1. The fourth-order valence-electron chi connectivity index (χ4n) is 1.04. The molecule has 82 valence electrons. The van der Waals surface area contributed by atoms with Gasteiger partial charge in [0.1, 0.15) is 5.69 Å². The summed E-state index contributed by atoms with van der Waals surface area (Å²) in [5.41, 5.74) is 5.68. The van der Waals surface area contributed by atoms with E-state index in [1.54, 1.807) is 17.5 Å². The third kappa shape index (κ3) is 2.29. The number of halogens is 1. The molecule has 2 aromatic rings. The first kappa shape index (κ1) is 10.8. The third-order valence-corrected chi connectivity index (χ3v) is 2.72. The van der Waals surface area contributed by atoms with Crippen molar-refractivity contribution in [2.45, 2.75) is 0 Å². The van der Waals surface area contributed by atoms with Crippen molar-refractivity contribution in [1.29, 1.82) is 0 Å². The molecule has 0 atom stereocenters. The minimum Gasteiger partial charge on any atom is -0.375 e. The lowest BCUT2D eigenvalue weighted by Gasteiger charge is -2.03. The quantitative estimate of drug-likeness (QED) is 0.859. The molecule has 0 aromatic carbocycles. The number of nitrogen functional groups attached to an aromatic ring is 1. The summed E-state index contributed by atoms with van der Waals surface area (Å²) >= 11 is 7.04. The summed E-state index contributed by atoms with van der Waals surface area (Å²) in [5, 5.41) is 4.84. The van der Waals surface area contributed by atoms with Gasteiger partial charge in [0.05, 0.1) is 5.02 Å². The summed E-state index contributed by atoms with van der Waals surface area (Å²) < 4.78 is 0. The first-order chi connectivity index (χ1) is 7.66. The Hall–Kier alpha value is -1.66. The van der Waals surface area contributed by atoms with Gasteiger partial charge in [-0.05, 0) is 12.1 Å². The van der Waals surface area contributed by atoms with Gasteiger partial charge in [0.15, 0.2) is 10.9 Å². The van der Waals surface area contributed by atoms with Crippen molar-refractivity contribution in [3.63, 3.8) is 0 Å². The molecule has 3 N–H and O–H groups in total. The molecule has 2 heterocycles. The van der Waals surface area contributed by atoms with Crippen LogP contribution in [0.25, 0.3) is 0 Å². The van der Waals surface area contributed by atoms with E-state index in [0.29, 0.717) is 16.0 Å². The summed E-state index contributed by atoms with van der Waals surface area (Å²) in [6.07, 6.45) is 1.54. The molecule has 2 rings (SSSR count). The van der Waals surface area contributed by atoms with Crippen molar-refractivity contribution < 1.29 is 4.79 Å². The van der Waals surface area contributed by atoms with E-state index < -0.39 is 0 Å². The largest absolute Gasteiger partial charge is 0.375 e. The van der Waals surface area contributed by atoms with Crippen molar-refractivity contribution >= 4 is 39.8 Å². The van der Waals surface area contributed by atoms with Gasteiger partial charge >= 0.3 is 0 Å². The van der Waals surface area contributed by atoms with Gasteiger partial charge in [0.2, 0.25) is 0 Å². The number of hydrogen-bond acceptors (Lipinski definition) is 5. The van der Waals surface area contributed by atoms with E-state index >= 15 is 0 Å². The molecule has 0 spiro atoms. The zero-order chi connectivity index (χ0) is 11.5. The van der Waals surface area contributed by atoms with Gasteiger partial charge in [-0.25, -0.2) is 9.97 Å². The molecule has 5 nitrogen and oxygen atoms in total. The number of aromatic nitrogens is 2. The maximum Gasteiger partial charge on any atom is 0.276 e. The topological polar surface area (TPSA) is 80.9 Å². The van der Waals surface area contributed by atoms with Crippen LogP contribution in [0.15, 0.2) is 23.7 Å². The zero-order valence-electron chi connectivity index (χ0n) is 7.98. The van der Waals surface area contributed by atoms with Gasteiger partial charge in [-0.15, -0.1) is 11.3 Å². The number of nitrogens with zero attached hydrogens (tertiary/aromatic N) is 2. The number of pyridine rings is 1. The van der Waals surface area contributed by atoms with E-state index in [9.17, 15) is 4.79 Å². The zero-order valence-corrected chi connectivity index (χ0v) is 9.55. The van der Waals surface area contributed by atoms with Crippen molar-refractivity contribution in [2.75, 3.05) is 11.1 Å². The predicted octanol–water partition coefficient (Wildman–Crippen LogP) is 2.03. The Labute approximate surface area is 100 Å². The molecular weight excluding hydrogens is 248 g/mol. The molecule has 0 radical (unpaired) electrons. The van der Waals surface area contributed by atoms with Gasteiger partial charge in [-0.1, -0.05) is 11.6 Å². The highest BCUT2D eigenvalue weighted by Gasteiger charge is 2.11. The minimum atomic E-state index is -0.381. The Morgan fingerprint density at radius 1 is 1.56 bits per heavy atom. The summed E-state index contributed by atoms with van der Waals surface area (Å²) in [6.45, 7) is 0. The monoisotopic (exact) mass is 254 g/mol. The number of nitrogens with two attached hydrogens (primary N) is 1. The number of rotatable bonds is 2. The van der Waals surface area contributed by atoms with E-state index in [2.05, 4.69) is 15.3 Å². The molecule has 0 saturated carbocycles. The molecule has 0 fully saturated rings. The van der Waals surface area contributed by atoms with E-state index in [-0.39, 0.29) is 11.6 Å². The lowest BCUT2D eigenvalue weighted by atomic mass is 10.4. The highest BCUT2D eigenvalue weighted by atomic mass is 35.5. The number of amides is 1. The van der Waals surface area contributed by atoms with Gasteiger partial charge < -0.3 is 11.1 Å². The van der Waals surface area contributed by atoms with Crippen molar-refractivity contribution in [2.24, 2.45) is 0 Å². The van der Waals surface area contributed by atoms with Crippen LogP contribution in [0.5, 0.6) is 0 Å². The van der Waals surface area contributed by atoms with Crippen LogP contribution < -0.4 is 11.1 Å². The van der Waals surface area contributed by atoms with Crippen LogP contribution in [0.1, 0.15) is 10.5 Å². The van der Waals surface area contributed by atoms with Gasteiger partial charge in [-0.3, -0.25) is 4.79 Å². The first-order valence-electron chi connectivity index (χ1n) is 4.29. The van der Waals surface area contributed by atoms with Crippen molar-refractivity contribution in [3.8, 4) is 0 Å². The summed E-state index contributed by atoms with van der Waals surface area (Å²) in [4.78, 5) is 19.4. The molecule has 0 aliphatic heterocycles. The lowest BCUT2D eigenvalue weighted by molar-refractivity contribution is 0.102. The summed E-state index contributed by atoms with van der Waals surface area (Å²) in [7, 11) is 0. The number of carbonyl (C=O) groups excluding carboxylic acids is 1. The Balaban J connectivity index is 2.17. The fourth-order valence-corrected chi connectivity index (χ4v) is 1.75. The van der Waals surface area contributed by atoms with Crippen LogP contribution in [-0.2, 0) is 0 Å². The third-order valence-electron chi connectivity index (χ3n) is 1.74. The molecule has 0 aliphatic rings. The maximum atomic E-state index is 11.7. The molecule has 0 aliphatic carbocycles. The molecule has 0 saturated heterocycles. The molecule has 16 heavy (non-hydrogen) atoms. The highest BCUT2D eigenvalue weighted by Crippen LogP contribution is 2.19. The second-order valence-corrected chi connectivity index (χ2v) is 4.16.